The van der Waals surface area contributed by atoms with Gasteiger partial charge in [-0.25, -0.2) is 0 Å². The number of hydrogen-bond donors (Lipinski definition) is 2. The summed E-state index contributed by atoms with van der Waals surface area (Å²) in [4.78, 5) is 10.2. The third-order valence-corrected chi connectivity index (χ3v) is 5.76. The Bertz CT molecular complexity index is 870. The van der Waals surface area contributed by atoms with Crippen LogP contribution in [-0.2, 0) is 6.42 Å². The maximum atomic E-state index is 4.22. The number of aromatic nitrogens is 2. The van der Waals surface area contributed by atoms with Crippen LogP contribution in [0.15, 0.2) is 48.9 Å². The zero-order chi connectivity index (χ0) is 16.1. The second-order valence-electron chi connectivity index (χ2n) is 7.22. The Labute approximate surface area is 141 Å². The molecule has 122 valence electrons. The number of H-pyrrole nitrogens is 1. The number of benzene rings is 1. The Balaban J connectivity index is 1.49. The van der Waals surface area contributed by atoms with Crippen molar-refractivity contribution in [2.24, 2.45) is 0 Å². The van der Waals surface area contributed by atoms with Crippen molar-refractivity contribution in [3.63, 3.8) is 0 Å². The summed E-state index contributed by atoms with van der Waals surface area (Å²) in [7, 11) is 2.27. The second-order valence-corrected chi connectivity index (χ2v) is 7.22. The molecule has 0 saturated carbocycles. The average Bonchev–Trinajstić information content (AvgIpc) is 3.02. The van der Waals surface area contributed by atoms with Gasteiger partial charge in [-0.1, -0.05) is 12.1 Å². The topological polar surface area (TPSA) is 44.0 Å². The van der Waals surface area contributed by atoms with Crippen molar-refractivity contribution in [2.45, 2.75) is 30.8 Å². The SMILES string of the molecule is CN1C[C@@H](Nc2cccnc2)CC2c3cccc4[nH]cc(c34)C[C@H]21. The Hall–Kier alpha value is -2.33. The van der Waals surface area contributed by atoms with Crippen LogP contribution in [0, 0.1) is 0 Å². The second kappa shape index (κ2) is 5.35. The number of aromatic amines is 1. The molecular formula is C20H22N4. The summed E-state index contributed by atoms with van der Waals surface area (Å²) in [5.41, 5.74) is 5.40. The molecule has 24 heavy (non-hydrogen) atoms. The van der Waals surface area contributed by atoms with Crippen molar-refractivity contribution < 1.29 is 0 Å². The van der Waals surface area contributed by atoms with Crippen molar-refractivity contribution >= 4 is 16.6 Å². The number of nitrogens with one attached hydrogen (secondary N) is 2. The molecule has 1 saturated heterocycles. The molecule has 1 aromatic carbocycles. The number of fused-ring (bicyclic) bond motifs is 2. The number of nitrogens with zero attached hydrogens (tertiary/aromatic N) is 2. The van der Waals surface area contributed by atoms with E-state index in [1.165, 1.54) is 28.5 Å². The smallest absolute Gasteiger partial charge is 0.0529 e. The number of pyridine rings is 1. The lowest BCUT2D eigenvalue weighted by Crippen LogP contribution is -2.51. The predicted octanol–water partition coefficient (Wildman–Crippen LogP) is 3.39. The lowest BCUT2D eigenvalue weighted by atomic mass is 9.74. The average molecular weight is 318 g/mol. The molecule has 0 spiro atoms. The van der Waals surface area contributed by atoms with Crippen LogP contribution >= 0.6 is 0 Å². The number of rotatable bonds is 2. The lowest BCUT2D eigenvalue weighted by Gasteiger charge is -2.45. The standard InChI is InChI=1S/C20H22N4/c1-24-12-15(23-14-4-3-7-21-11-14)9-17-16-5-2-6-18-20(16)13(10-22-18)8-19(17)24/h2-7,10-11,15,17,19,22-23H,8-9,12H2,1H3/t15-,17?,19+/m0/s1. The quantitative estimate of drug-likeness (QED) is 0.761. The lowest BCUT2D eigenvalue weighted by molar-refractivity contribution is 0.147. The predicted molar refractivity (Wildman–Crippen MR) is 97.4 cm³/mol. The molecule has 0 amide bonds. The molecule has 4 heteroatoms. The van der Waals surface area contributed by atoms with Crippen LogP contribution in [0.3, 0.4) is 0 Å². The van der Waals surface area contributed by atoms with E-state index in [9.17, 15) is 0 Å². The molecular weight excluding hydrogens is 296 g/mol. The summed E-state index contributed by atoms with van der Waals surface area (Å²) >= 11 is 0. The zero-order valence-corrected chi connectivity index (χ0v) is 13.9. The Morgan fingerprint density at radius 2 is 2.21 bits per heavy atom. The zero-order valence-electron chi connectivity index (χ0n) is 13.9. The first-order valence-corrected chi connectivity index (χ1v) is 8.75. The fraction of sp³-hybridized carbons (Fsp3) is 0.350. The van der Waals surface area contributed by atoms with E-state index in [4.69, 9.17) is 0 Å². The number of likely N-dealkylation sites (tertiary alicyclic amines) is 1. The molecule has 1 aliphatic heterocycles. The van der Waals surface area contributed by atoms with Gasteiger partial charge in [0, 0.05) is 54.0 Å². The van der Waals surface area contributed by atoms with E-state index in [0.717, 1.165) is 18.7 Å². The maximum absolute atomic E-state index is 4.22. The van der Waals surface area contributed by atoms with Crippen molar-refractivity contribution in [1.82, 2.24) is 14.9 Å². The van der Waals surface area contributed by atoms with Gasteiger partial charge in [-0.2, -0.15) is 0 Å². The minimum Gasteiger partial charge on any atom is -0.380 e. The van der Waals surface area contributed by atoms with E-state index < -0.39 is 0 Å². The number of hydrogen-bond acceptors (Lipinski definition) is 3. The van der Waals surface area contributed by atoms with Gasteiger partial charge >= 0.3 is 0 Å². The first-order valence-electron chi connectivity index (χ1n) is 8.75. The first-order chi connectivity index (χ1) is 11.8. The van der Waals surface area contributed by atoms with Crippen LogP contribution in [0.4, 0.5) is 5.69 Å². The molecule has 1 unspecified atom stereocenters. The van der Waals surface area contributed by atoms with Gasteiger partial charge in [0.2, 0.25) is 0 Å². The van der Waals surface area contributed by atoms with Crippen LogP contribution in [0.25, 0.3) is 10.9 Å². The van der Waals surface area contributed by atoms with Gasteiger partial charge in [0.15, 0.2) is 0 Å². The highest BCUT2D eigenvalue weighted by Gasteiger charge is 2.39. The molecule has 2 aromatic heterocycles. The molecule has 1 fully saturated rings. The van der Waals surface area contributed by atoms with Gasteiger partial charge in [-0.05, 0) is 49.2 Å². The monoisotopic (exact) mass is 318 g/mol. The molecule has 5 rings (SSSR count). The van der Waals surface area contributed by atoms with E-state index >= 15 is 0 Å². The van der Waals surface area contributed by atoms with Gasteiger partial charge in [-0.3, -0.25) is 4.98 Å². The molecule has 3 aromatic rings. The highest BCUT2D eigenvalue weighted by atomic mass is 15.2. The minimum absolute atomic E-state index is 0.455. The van der Waals surface area contributed by atoms with E-state index in [1.54, 1.807) is 0 Å². The molecule has 0 bridgehead atoms. The van der Waals surface area contributed by atoms with Crippen molar-refractivity contribution in [2.75, 3.05) is 18.9 Å². The largest absolute Gasteiger partial charge is 0.380 e. The van der Waals surface area contributed by atoms with Crippen molar-refractivity contribution in [1.29, 1.82) is 0 Å². The summed E-state index contributed by atoms with van der Waals surface area (Å²) in [5, 5.41) is 5.15. The first kappa shape index (κ1) is 14.1. The van der Waals surface area contributed by atoms with Gasteiger partial charge in [0.1, 0.15) is 0 Å². The molecule has 3 atom stereocenters. The summed E-state index contributed by atoms with van der Waals surface area (Å²) in [6.07, 6.45) is 8.27. The fourth-order valence-corrected chi connectivity index (χ4v) is 4.73. The molecule has 3 heterocycles. The van der Waals surface area contributed by atoms with Gasteiger partial charge in [0.25, 0.3) is 0 Å². The minimum atomic E-state index is 0.455. The molecule has 4 nitrogen and oxygen atoms in total. The van der Waals surface area contributed by atoms with Gasteiger partial charge < -0.3 is 15.2 Å². The fourth-order valence-electron chi connectivity index (χ4n) is 4.73. The van der Waals surface area contributed by atoms with Crippen LogP contribution in [0.2, 0.25) is 0 Å². The Morgan fingerprint density at radius 1 is 1.25 bits per heavy atom. The van der Waals surface area contributed by atoms with Gasteiger partial charge in [-0.15, -0.1) is 0 Å². The van der Waals surface area contributed by atoms with E-state index in [0.29, 0.717) is 18.0 Å². The highest BCUT2D eigenvalue weighted by Crippen LogP contribution is 2.43. The Morgan fingerprint density at radius 3 is 3.08 bits per heavy atom. The van der Waals surface area contributed by atoms with Gasteiger partial charge in [0.05, 0.1) is 5.69 Å². The van der Waals surface area contributed by atoms with Crippen LogP contribution in [0.5, 0.6) is 0 Å². The number of anilines is 1. The van der Waals surface area contributed by atoms with Crippen LogP contribution in [0.1, 0.15) is 23.5 Å². The van der Waals surface area contributed by atoms with E-state index in [2.05, 4.69) is 57.7 Å². The third kappa shape index (κ3) is 2.13. The van der Waals surface area contributed by atoms with Crippen molar-refractivity contribution in [3.8, 4) is 0 Å². The molecule has 2 N–H and O–H groups in total. The summed E-state index contributed by atoms with van der Waals surface area (Å²) < 4.78 is 0. The number of piperidine rings is 1. The van der Waals surface area contributed by atoms with Crippen molar-refractivity contribution in [3.05, 3.63) is 60.0 Å². The van der Waals surface area contributed by atoms with E-state index in [1.807, 2.05) is 18.5 Å². The number of likely N-dealkylation sites (N-methyl/N-ethyl adjacent to an activating group) is 1. The van der Waals surface area contributed by atoms with E-state index in [-0.39, 0.29) is 0 Å². The molecule has 2 aliphatic rings. The summed E-state index contributed by atoms with van der Waals surface area (Å²) in [6.45, 7) is 1.08. The highest BCUT2D eigenvalue weighted by molar-refractivity contribution is 5.88. The summed E-state index contributed by atoms with van der Waals surface area (Å²) in [5.74, 6) is 0.588. The normalized spacial score (nSPS) is 26.3. The maximum Gasteiger partial charge on any atom is 0.0529 e. The Kier molecular flexibility index (Phi) is 3.13. The molecule has 1 aliphatic carbocycles. The van der Waals surface area contributed by atoms with Crippen LogP contribution < -0.4 is 5.32 Å². The molecule has 0 radical (unpaired) electrons. The third-order valence-electron chi connectivity index (χ3n) is 5.76. The summed E-state index contributed by atoms with van der Waals surface area (Å²) in [6, 6.07) is 11.9. The van der Waals surface area contributed by atoms with Crippen LogP contribution in [-0.4, -0.2) is 40.5 Å².